The van der Waals surface area contributed by atoms with Crippen molar-refractivity contribution in [1.82, 2.24) is 0 Å². The zero-order valence-corrected chi connectivity index (χ0v) is 14.0. The third-order valence-corrected chi connectivity index (χ3v) is 4.30. The number of allylic oxidation sites excluding steroid dienone is 5. The minimum absolute atomic E-state index is 0.188. The molecule has 0 bridgehead atoms. The van der Waals surface area contributed by atoms with Crippen molar-refractivity contribution in [1.29, 1.82) is 0 Å². The summed E-state index contributed by atoms with van der Waals surface area (Å²) in [5, 5.41) is 9.10. The van der Waals surface area contributed by atoms with Gasteiger partial charge in [-0.05, 0) is 79.7 Å². The van der Waals surface area contributed by atoms with Gasteiger partial charge in [-0.2, -0.15) is 0 Å². The van der Waals surface area contributed by atoms with Gasteiger partial charge in [0.25, 0.3) is 0 Å². The van der Waals surface area contributed by atoms with Crippen molar-refractivity contribution < 1.29 is 5.11 Å². The van der Waals surface area contributed by atoms with Gasteiger partial charge in [0.05, 0.1) is 6.61 Å². The predicted octanol–water partition coefficient (Wildman–Crippen LogP) is 5.57. The Kier molecular flexibility index (Phi) is 8.75. The molecule has 0 amide bonds. The highest BCUT2D eigenvalue weighted by Gasteiger charge is 2.02. The van der Waals surface area contributed by atoms with E-state index in [2.05, 4.69) is 41.5 Å². The van der Waals surface area contributed by atoms with E-state index >= 15 is 0 Å². The lowest BCUT2D eigenvalue weighted by Gasteiger charge is -2.11. The molecule has 0 spiro atoms. The minimum atomic E-state index is 0.188. The molecule has 0 aliphatic heterocycles. The number of aliphatic hydroxyl groups excluding tert-OH is 1. The minimum Gasteiger partial charge on any atom is -0.392 e. The van der Waals surface area contributed by atoms with Gasteiger partial charge >= 0.3 is 0 Å². The van der Waals surface area contributed by atoms with E-state index in [4.69, 9.17) is 5.11 Å². The van der Waals surface area contributed by atoms with Crippen molar-refractivity contribution in [3.05, 3.63) is 33.4 Å². The Hall–Kier alpha value is -0.820. The van der Waals surface area contributed by atoms with Gasteiger partial charge in [0.1, 0.15) is 0 Å². The molecule has 0 aliphatic rings. The highest BCUT2D eigenvalue weighted by Crippen LogP contribution is 2.21. The number of aliphatic hydroxyl groups is 1. The van der Waals surface area contributed by atoms with E-state index < -0.39 is 0 Å². The molecule has 0 aromatic heterocycles. The first kappa shape index (κ1) is 18.2. The molecule has 0 radical (unpaired) electrons. The summed E-state index contributed by atoms with van der Waals surface area (Å²) in [5.41, 5.74) is 8.44. The molecule has 0 saturated carbocycles. The van der Waals surface area contributed by atoms with Crippen molar-refractivity contribution in [2.24, 2.45) is 0 Å². The molecule has 0 saturated heterocycles. The smallest absolute Gasteiger partial charge is 0.0641 e. The summed E-state index contributed by atoms with van der Waals surface area (Å²) in [6, 6.07) is 0. The molecule has 19 heavy (non-hydrogen) atoms. The third-order valence-electron chi connectivity index (χ3n) is 4.30. The zero-order valence-electron chi connectivity index (χ0n) is 14.0. The van der Waals surface area contributed by atoms with Crippen molar-refractivity contribution >= 4 is 0 Å². The van der Waals surface area contributed by atoms with Crippen LogP contribution >= 0.6 is 0 Å². The van der Waals surface area contributed by atoms with Crippen LogP contribution in [0.2, 0.25) is 0 Å². The molecule has 1 N–H and O–H groups in total. The van der Waals surface area contributed by atoms with Crippen LogP contribution in [0.3, 0.4) is 0 Å². The molecule has 0 atom stereocenters. The largest absolute Gasteiger partial charge is 0.392 e. The molecule has 0 aromatic carbocycles. The monoisotopic (exact) mass is 264 g/mol. The first-order valence-corrected chi connectivity index (χ1v) is 7.33. The van der Waals surface area contributed by atoms with Gasteiger partial charge in [-0.3, -0.25) is 0 Å². The van der Waals surface area contributed by atoms with E-state index in [-0.39, 0.29) is 6.61 Å². The van der Waals surface area contributed by atoms with Gasteiger partial charge in [0, 0.05) is 0 Å². The molecule has 0 rings (SSSR count). The van der Waals surface area contributed by atoms with Crippen LogP contribution in [-0.2, 0) is 0 Å². The second kappa shape index (κ2) is 9.14. The third kappa shape index (κ3) is 7.37. The van der Waals surface area contributed by atoms with E-state index in [9.17, 15) is 0 Å². The van der Waals surface area contributed by atoms with Crippen LogP contribution in [0.15, 0.2) is 33.4 Å². The van der Waals surface area contributed by atoms with E-state index in [1.54, 1.807) is 0 Å². The Balaban J connectivity index is 4.43. The summed E-state index contributed by atoms with van der Waals surface area (Å²) in [6.45, 7) is 15.4. The number of hydrogen-bond donors (Lipinski definition) is 1. The van der Waals surface area contributed by atoms with Gasteiger partial charge in [0.15, 0.2) is 0 Å². The van der Waals surface area contributed by atoms with E-state index in [0.717, 1.165) is 18.4 Å². The predicted molar refractivity (Wildman–Crippen MR) is 86.3 cm³/mol. The van der Waals surface area contributed by atoms with Crippen molar-refractivity contribution in [2.75, 3.05) is 6.61 Å². The molecule has 0 fully saturated rings. The molecule has 0 heterocycles. The van der Waals surface area contributed by atoms with Gasteiger partial charge in [-0.15, -0.1) is 0 Å². The Morgan fingerprint density at radius 2 is 0.842 bits per heavy atom. The maximum Gasteiger partial charge on any atom is 0.0641 e. The average molecular weight is 264 g/mol. The molecule has 0 aromatic rings. The standard InChI is InChI=1S/C18H32O/c1-13(2)14(3)8-9-15(4)16(5)10-11-17(6)18(7)12-19/h19H,8-12H2,1-7H3/b16-15+,18-17+. The molecule has 110 valence electrons. The van der Waals surface area contributed by atoms with Crippen LogP contribution in [0.1, 0.15) is 74.1 Å². The normalized spacial score (nSPS) is 13.9. The quantitative estimate of drug-likeness (QED) is 0.596. The maximum atomic E-state index is 9.10. The second-order valence-corrected chi connectivity index (χ2v) is 6.06. The number of hydrogen-bond acceptors (Lipinski definition) is 1. The van der Waals surface area contributed by atoms with Gasteiger partial charge in [-0.25, -0.2) is 0 Å². The van der Waals surface area contributed by atoms with Gasteiger partial charge in [0.2, 0.25) is 0 Å². The Morgan fingerprint density at radius 3 is 1.16 bits per heavy atom. The fourth-order valence-corrected chi connectivity index (χ4v) is 1.78. The van der Waals surface area contributed by atoms with Crippen molar-refractivity contribution in [3.63, 3.8) is 0 Å². The van der Waals surface area contributed by atoms with Crippen molar-refractivity contribution in [3.8, 4) is 0 Å². The summed E-state index contributed by atoms with van der Waals surface area (Å²) in [5.74, 6) is 0. The van der Waals surface area contributed by atoms with E-state index in [1.165, 1.54) is 40.7 Å². The highest BCUT2D eigenvalue weighted by molar-refractivity contribution is 5.17. The molecule has 1 nitrogen and oxygen atoms in total. The fourth-order valence-electron chi connectivity index (χ4n) is 1.78. The highest BCUT2D eigenvalue weighted by atomic mass is 16.3. The molecular weight excluding hydrogens is 232 g/mol. The van der Waals surface area contributed by atoms with Crippen molar-refractivity contribution in [2.45, 2.75) is 74.1 Å². The molecular formula is C18H32O. The lowest BCUT2D eigenvalue weighted by molar-refractivity contribution is 0.329. The molecule has 0 aliphatic carbocycles. The Morgan fingerprint density at radius 1 is 0.526 bits per heavy atom. The number of rotatable bonds is 7. The van der Waals surface area contributed by atoms with Crippen LogP contribution in [-0.4, -0.2) is 11.7 Å². The first-order chi connectivity index (χ1) is 8.79. The lowest BCUT2D eigenvalue weighted by atomic mass is 9.96. The molecule has 1 heteroatoms. The van der Waals surface area contributed by atoms with Crippen LogP contribution in [0, 0.1) is 0 Å². The lowest BCUT2D eigenvalue weighted by Crippen LogP contribution is -1.93. The van der Waals surface area contributed by atoms with Crippen LogP contribution in [0.5, 0.6) is 0 Å². The summed E-state index contributed by atoms with van der Waals surface area (Å²) >= 11 is 0. The summed E-state index contributed by atoms with van der Waals surface area (Å²) in [7, 11) is 0. The topological polar surface area (TPSA) is 20.2 Å². The van der Waals surface area contributed by atoms with E-state index in [0.29, 0.717) is 0 Å². The summed E-state index contributed by atoms with van der Waals surface area (Å²) < 4.78 is 0. The van der Waals surface area contributed by atoms with E-state index in [1.807, 2.05) is 6.92 Å². The summed E-state index contributed by atoms with van der Waals surface area (Å²) in [4.78, 5) is 0. The Labute approximate surface area is 120 Å². The first-order valence-electron chi connectivity index (χ1n) is 7.33. The van der Waals surface area contributed by atoms with Crippen LogP contribution in [0.25, 0.3) is 0 Å². The maximum absolute atomic E-state index is 9.10. The van der Waals surface area contributed by atoms with Crippen LogP contribution < -0.4 is 0 Å². The molecule has 0 unspecified atom stereocenters. The Bertz CT molecular complexity index is 376. The van der Waals surface area contributed by atoms with Gasteiger partial charge < -0.3 is 5.11 Å². The van der Waals surface area contributed by atoms with Gasteiger partial charge in [-0.1, -0.05) is 27.9 Å². The van der Waals surface area contributed by atoms with Crippen LogP contribution in [0.4, 0.5) is 0 Å². The second-order valence-electron chi connectivity index (χ2n) is 6.06. The fraction of sp³-hybridized carbons (Fsp3) is 0.667. The zero-order chi connectivity index (χ0) is 15.0. The SMILES string of the molecule is CC(C)=C(C)CC/C(C)=C(\C)CC/C(C)=C(\C)CO. The summed E-state index contributed by atoms with van der Waals surface area (Å²) in [6.07, 6.45) is 4.53. The average Bonchev–Trinajstić information content (AvgIpc) is 2.39.